The van der Waals surface area contributed by atoms with E-state index >= 15 is 0 Å². The second-order valence-electron chi connectivity index (χ2n) is 10.5. The molecule has 5 atom stereocenters. The predicted molar refractivity (Wildman–Crippen MR) is 152 cm³/mol. The number of hydrogen-bond donors (Lipinski definition) is 1. The molecule has 1 unspecified atom stereocenters. The number of ether oxygens (including phenoxy) is 3. The number of aromatic amines is 1. The fourth-order valence-electron chi connectivity index (χ4n) is 4.34. The van der Waals surface area contributed by atoms with E-state index in [1.807, 2.05) is 27.7 Å². The Morgan fingerprint density at radius 3 is 2.41 bits per heavy atom. The van der Waals surface area contributed by atoms with Crippen LogP contribution in [0.4, 0.5) is 0 Å². The lowest BCUT2D eigenvalue weighted by Gasteiger charge is -2.38. The zero-order valence-corrected chi connectivity index (χ0v) is 26.1. The highest BCUT2D eigenvalue weighted by atomic mass is 31.2. The molecule has 0 saturated carbocycles. The van der Waals surface area contributed by atoms with Crippen LogP contribution in [-0.2, 0) is 27.8 Å². The van der Waals surface area contributed by atoms with Crippen molar-refractivity contribution in [1.82, 2.24) is 14.2 Å². The van der Waals surface area contributed by atoms with Crippen LogP contribution < -0.4 is 11.2 Å². The van der Waals surface area contributed by atoms with Crippen molar-refractivity contribution in [1.29, 1.82) is 0 Å². The third-order valence-electron chi connectivity index (χ3n) is 6.12. The molecule has 0 amide bonds. The van der Waals surface area contributed by atoms with Gasteiger partial charge in [-0.05, 0) is 54.4 Å². The van der Waals surface area contributed by atoms with Crippen LogP contribution in [-0.4, -0.2) is 97.6 Å². The molecule has 1 N–H and O–H groups in total. The molecule has 0 bridgehead atoms. The van der Waals surface area contributed by atoms with Crippen molar-refractivity contribution in [2.45, 2.75) is 77.7 Å². The van der Waals surface area contributed by atoms with Crippen molar-refractivity contribution in [2.24, 2.45) is 0 Å². The van der Waals surface area contributed by atoms with Crippen molar-refractivity contribution >= 4 is 15.7 Å². The van der Waals surface area contributed by atoms with E-state index in [4.69, 9.17) is 29.8 Å². The average molecular weight is 591 g/mol. The van der Waals surface area contributed by atoms with E-state index < -0.39 is 51.5 Å². The smallest absolute Gasteiger partial charge is 0.330 e. The van der Waals surface area contributed by atoms with Crippen molar-refractivity contribution in [3.05, 3.63) is 44.0 Å². The lowest BCUT2D eigenvalue weighted by molar-refractivity contribution is -0.0785. The van der Waals surface area contributed by atoms with Crippen LogP contribution >= 0.6 is 15.7 Å². The zero-order chi connectivity index (χ0) is 29.3. The van der Waals surface area contributed by atoms with Crippen molar-refractivity contribution < 1.29 is 27.8 Å². The van der Waals surface area contributed by atoms with E-state index in [0.29, 0.717) is 24.8 Å². The van der Waals surface area contributed by atoms with E-state index in [-0.39, 0.29) is 31.8 Å². The molecule has 1 fully saturated rings. The second kappa shape index (κ2) is 15.6. The number of H-pyrrole nitrogens is 1. The van der Waals surface area contributed by atoms with Crippen LogP contribution in [0.15, 0.2) is 15.8 Å². The molecule has 14 heteroatoms. The minimum Gasteiger partial charge on any atom is -0.382 e. The molecule has 12 nitrogen and oxygen atoms in total. The van der Waals surface area contributed by atoms with Gasteiger partial charge in [0, 0.05) is 37.1 Å². The van der Waals surface area contributed by atoms with Gasteiger partial charge in [0.1, 0.15) is 18.8 Å². The predicted octanol–water partition coefficient (Wildman–Crippen LogP) is 3.45. The minimum atomic E-state index is -2.39. The van der Waals surface area contributed by atoms with Gasteiger partial charge in [-0.25, -0.2) is 16.0 Å². The zero-order valence-electron chi connectivity index (χ0n) is 24.3. The number of nitrogens with zero attached hydrogens (tertiary/aromatic N) is 3. The van der Waals surface area contributed by atoms with Crippen LogP contribution in [0.1, 0.15) is 45.9 Å². The van der Waals surface area contributed by atoms with Gasteiger partial charge in [0.25, 0.3) is 14.1 Å². The molecule has 2 rings (SSSR count). The van der Waals surface area contributed by atoms with E-state index in [0.717, 1.165) is 0 Å². The standard InChI is InChI=1S/C25H44N4O8P2/c1-17(2)29(18(3)4)38(35-12-11-26-6)37-21-20(10-15-39(8,9)32)36-24(22(21)34-14-13-33-7)28-16-19(5)23(30)27-25(28)31/h16-18,20-22,24H,10-15H2,1-5,7-9H3,(H,27,30,31)/t20-,21-,22-,24-,38?/m1/s1. The number of hydrogen-bond acceptors (Lipinski definition) is 9. The Balaban J connectivity index is 2.57. The molecule has 1 saturated heterocycles. The molecule has 0 aliphatic carbocycles. The van der Waals surface area contributed by atoms with E-state index in [1.165, 1.54) is 10.8 Å². The Labute approximate surface area is 232 Å². The first-order valence-electron chi connectivity index (χ1n) is 13.1. The lowest BCUT2D eigenvalue weighted by Crippen LogP contribution is -2.42. The molecular formula is C25H44N4O8P2. The number of aryl methyl sites for hydroxylation is 1. The van der Waals surface area contributed by atoms with Crippen LogP contribution in [0.2, 0.25) is 0 Å². The monoisotopic (exact) mass is 590 g/mol. The maximum Gasteiger partial charge on any atom is 0.330 e. The van der Waals surface area contributed by atoms with Crippen LogP contribution in [0.3, 0.4) is 0 Å². The van der Waals surface area contributed by atoms with E-state index in [2.05, 4.69) is 14.5 Å². The molecule has 1 aromatic rings. The maximum atomic E-state index is 12.9. The van der Waals surface area contributed by atoms with Gasteiger partial charge in [-0.1, -0.05) is 0 Å². The fourth-order valence-corrected chi connectivity index (χ4v) is 6.98. The van der Waals surface area contributed by atoms with E-state index in [1.54, 1.807) is 27.4 Å². The lowest BCUT2D eigenvalue weighted by atomic mass is 10.1. The molecule has 1 aromatic heterocycles. The molecule has 0 spiro atoms. The van der Waals surface area contributed by atoms with Crippen LogP contribution in [0.25, 0.3) is 4.85 Å². The molecule has 2 heterocycles. The summed E-state index contributed by atoms with van der Waals surface area (Å²) in [7, 11) is -2.49. The summed E-state index contributed by atoms with van der Waals surface area (Å²) in [6.45, 7) is 21.3. The molecule has 1 aliphatic heterocycles. The fraction of sp³-hybridized carbons (Fsp3) is 0.800. The van der Waals surface area contributed by atoms with Gasteiger partial charge in [0.05, 0.1) is 26.5 Å². The molecule has 222 valence electrons. The second-order valence-corrected chi connectivity index (χ2v) is 15.6. The van der Waals surface area contributed by atoms with Gasteiger partial charge in [-0.2, -0.15) is 0 Å². The molecule has 39 heavy (non-hydrogen) atoms. The van der Waals surface area contributed by atoms with Crippen molar-refractivity contribution in [3.8, 4) is 0 Å². The molecule has 0 radical (unpaired) electrons. The molecule has 1 aliphatic rings. The molecular weight excluding hydrogens is 546 g/mol. The summed E-state index contributed by atoms with van der Waals surface area (Å²) in [6.07, 6.45) is -0.699. The summed E-state index contributed by atoms with van der Waals surface area (Å²) >= 11 is 0. The van der Waals surface area contributed by atoms with E-state index in [9.17, 15) is 14.2 Å². The maximum absolute atomic E-state index is 12.9. The van der Waals surface area contributed by atoms with Gasteiger partial charge >= 0.3 is 5.69 Å². The SMILES string of the molecule is [C-]#[N+]CCOP(O[C@H]1[C@@H](OCCOC)[C@H](n2cc(C)c(=O)[nH]c2=O)O[C@@H]1CCP(C)(C)=O)N(C(C)C)C(C)C. The normalized spacial score (nSPS) is 22.6. The number of rotatable bonds is 16. The summed E-state index contributed by atoms with van der Waals surface area (Å²) in [6, 6.07) is 0.147. The first-order valence-corrected chi connectivity index (χ1v) is 17.1. The van der Waals surface area contributed by atoms with Gasteiger partial charge in [-0.3, -0.25) is 14.3 Å². The minimum absolute atomic E-state index is 0.0736. The highest BCUT2D eigenvalue weighted by Crippen LogP contribution is 2.51. The van der Waals surface area contributed by atoms with Crippen molar-refractivity contribution in [2.75, 3.05) is 53.0 Å². The first-order chi connectivity index (χ1) is 18.3. The van der Waals surface area contributed by atoms with Crippen molar-refractivity contribution in [3.63, 3.8) is 0 Å². The number of aromatic nitrogens is 2. The Morgan fingerprint density at radius 2 is 1.85 bits per heavy atom. The van der Waals surface area contributed by atoms with Gasteiger partial charge < -0.3 is 32.7 Å². The Bertz CT molecular complexity index is 1100. The van der Waals surface area contributed by atoms with Crippen LogP contribution in [0.5, 0.6) is 0 Å². The molecule has 0 aromatic carbocycles. The summed E-state index contributed by atoms with van der Waals surface area (Å²) in [4.78, 5) is 30.7. The average Bonchev–Trinajstić information content (AvgIpc) is 3.16. The number of nitrogens with one attached hydrogen (secondary N) is 1. The Morgan fingerprint density at radius 1 is 1.18 bits per heavy atom. The Hall–Kier alpha value is -1.41. The third kappa shape index (κ3) is 9.87. The highest BCUT2D eigenvalue weighted by molar-refractivity contribution is 7.62. The quantitative estimate of drug-likeness (QED) is 0.175. The number of methoxy groups -OCH3 is 1. The van der Waals surface area contributed by atoms with Gasteiger partial charge in [0.2, 0.25) is 6.54 Å². The van der Waals surface area contributed by atoms with Gasteiger partial charge in [-0.15, -0.1) is 0 Å². The van der Waals surface area contributed by atoms with Crippen LogP contribution in [0, 0.1) is 13.5 Å². The summed E-state index contributed by atoms with van der Waals surface area (Å²) in [5.74, 6) is 0. The third-order valence-corrected chi connectivity index (χ3v) is 9.58. The summed E-state index contributed by atoms with van der Waals surface area (Å²) < 4.78 is 46.8. The first kappa shape index (κ1) is 33.8. The highest BCUT2D eigenvalue weighted by Gasteiger charge is 2.50. The topological polar surface area (TPSA) is 126 Å². The van der Waals surface area contributed by atoms with Gasteiger partial charge in [0.15, 0.2) is 6.23 Å². The summed E-state index contributed by atoms with van der Waals surface area (Å²) in [5, 5.41) is 0. The largest absolute Gasteiger partial charge is 0.382 e. The Kier molecular flexibility index (Phi) is 13.5. The summed E-state index contributed by atoms with van der Waals surface area (Å²) in [5.41, 5.74) is -0.764.